The number of hydrogen-bond donors (Lipinski definition) is 1. The Morgan fingerprint density at radius 2 is 1.67 bits per heavy atom. The lowest BCUT2D eigenvalue weighted by molar-refractivity contribution is -0.137. The Bertz CT molecular complexity index is 912. The van der Waals surface area contributed by atoms with Crippen LogP contribution in [0.5, 0.6) is 0 Å². The number of hydrogen-bond acceptors (Lipinski definition) is 4. The van der Waals surface area contributed by atoms with Crippen LogP contribution < -0.4 is 9.62 Å². The van der Waals surface area contributed by atoms with Gasteiger partial charge in [0.05, 0.1) is 28.7 Å². The van der Waals surface area contributed by atoms with Crippen molar-refractivity contribution in [3.05, 3.63) is 53.1 Å². The van der Waals surface area contributed by atoms with Crippen molar-refractivity contribution in [1.29, 1.82) is 0 Å². The molecule has 2 aromatic rings. The number of alkyl halides is 3. The summed E-state index contributed by atoms with van der Waals surface area (Å²) in [6.07, 6.45) is -4.75. The lowest BCUT2D eigenvalue weighted by Gasteiger charge is -2.28. The number of sulfonamides is 1. The van der Waals surface area contributed by atoms with Crippen LogP contribution in [0.2, 0.25) is 5.02 Å². The SMILES string of the molecule is O=S(=O)(Nc1ccc(N2CCOCC2)cc1)c1ccc(Cl)c(C(F)(F)F)c1. The molecule has 27 heavy (non-hydrogen) atoms. The maximum Gasteiger partial charge on any atom is 0.417 e. The second-order valence-corrected chi connectivity index (χ2v) is 7.98. The van der Waals surface area contributed by atoms with Crippen LogP contribution in [0.15, 0.2) is 47.4 Å². The Hall–Kier alpha value is -1.97. The molecule has 0 unspecified atom stereocenters. The van der Waals surface area contributed by atoms with E-state index in [0.717, 1.165) is 30.9 Å². The van der Waals surface area contributed by atoms with Gasteiger partial charge in [0.25, 0.3) is 10.0 Å². The number of morpholine rings is 1. The van der Waals surface area contributed by atoms with Gasteiger partial charge in [0.1, 0.15) is 0 Å². The molecule has 2 aromatic carbocycles. The van der Waals surface area contributed by atoms with Gasteiger partial charge in [-0.15, -0.1) is 0 Å². The van der Waals surface area contributed by atoms with Crippen LogP contribution in [0, 0.1) is 0 Å². The minimum absolute atomic E-state index is 0.246. The topological polar surface area (TPSA) is 58.6 Å². The standard InChI is InChI=1S/C17H16ClF3N2O3S/c18-16-6-5-14(11-15(16)17(19,20)21)27(24,25)22-12-1-3-13(4-2-12)23-7-9-26-10-8-23/h1-6,11,22H,7-10H2. The molecule has 146 valence electrons. The van der Waals surface area contributed by atoms with E-state index < -0.39 is 31.7 Å². The van der Waals surface area contributed by atoms with Gasteiger partial charge in [0.15, 0.2) is 0 Å². The number of nitrogens with one attached hydrogen (secondary N) is 1. The van der Waals surface area contributed by atoms with E-state index in [0.29, 0.717) is 19.3 Å². The van der Waals surface area contributed by atoms with Crippen LogP contribution in [0.25, 0.3) is 0 Å². The van der Waals surface area contributed by atoms with E-state index in [1.54, 1.807) is 24.3 Å². The number of benzene rings is 2. The highest BCUT2D eigenvalue weighted by Gasteiger charge is 2.34. The zero-order valence-electron chi connectivity index (χ0n) is 14.0. The summed E-state index contributed by atoms with van der Waals surface area (Å²) in [5.41, 5.74) is -0.0441. The zero-order chi connectivity index (χ0) is 19.7. The predicted octanol–water partition coefficient (Wildman–Crippen LogP) is 4.00. The van der Waals surface area contributed by atoms with Crippen LogP contribution in [-0.2, 0) is 20.9 Å². The summed E-state index contributed by atoms with van der Waals surface area (Å²) in [5.74, 6) is 0. The Labute approximate surface area is 159 Å². The van der Waals surface area contributed by atoms with E-state index in [9.17, 15) is 21.6 Å². The van der Waals surface area contributed by atoms with Crippen molar-refractivity contribution in [2.75, 3.05) is 35.9 Å². The van der Waals surface area contributed by atoms with Gasteiger partial charge in [0, 0.05) is 24.5 Å². The van der Waals surface area contributed by atoms with Crippen LogP contribution in [0.3, 0.4) is 0 Å². The first-order valence-electron chi connectivity index (χ1n) is 7.99. The minimum atomic E-state index is -4.75. The molecule has 0 spiro atoms. The molecular formula is C17H16ClF3N2O3S. The third-order valence-electron chi connectivity index (χ3n) is 4.05. The van der Waals surface area contributed by atoms with Gasteiger partial charge in [-0.25, -0.2) is 8.42 Å². The number of nitrogens with zero attached hydrogens (tertiary/aromatic N) is 1. The second-order valence-electron chi connectivity index (χ2n) is 5.89. The molecule has 1 heterocycles. The van der Waals surface area contributed by atoms with Gasteiger partial charge >= 0.3 is 6.18 Å². The summed E-state index contributed by atoms with van der Waals surface area (Å²) in [5, 5.41) is -0.559. The lowest BCUT2D eigenvalue weighted by atomic mass is 10.2. The van der Waals surface area contributed by atoms with Crippen molar-refractivity contribution in [1.82, 2.24) is 0 Å². The third kappa shape index (κ3) is 4.66. The Morgan fingerprint density at radius 3 is 2.26 bits per heavy atom. The van der Waals surface area contributed by atoms with Crippen molar-refractivity contribution >= 4 is 33.0 Å². The molecule has 0 aromatic heterocycles. The van der Waals surface area contributed by atoms with Gasteiger partial charge in [-0.05, 0) is 42.5 Å². The smallest absolute Gasteiger partial charge is 0.378 e. The molecule has 0 radical (unpaired) electrons. The molecule has 1 aliphatic heterocycles. The van der Waals surface area contributed by atoms with Crippen LogP contribution >= 0.6 is 11.6 Å². The fourth-order valence-electron chi connectivity index (χ4n) is 2.66. The number of anilines is 2. The van der Waals surface area contributed by atoms with Crippen LogP contribution in [0.1, 0.15) is 5.56 Å². The minimum Gasteiger partial charge on any atom is -0.378 e. The normalized spacial score (nSPS) is 15.6. The fourth-order valence-corrected chi connectivity index (χ4v) is 3.97. The molecule has 0 atom stereocenters. The van der Waals surface area contributed by atoms with E-state index in [2.05, 4.69) is 9.62 Å². The van der Waals surface area contributed by atoms with Gasteiger partial charge < -0.3 is 9.64 Å². The number of ether oxygens (including phenoxy) is 1. The number of rotatable bonds is 4. The first-order chi connectivity index (χ1) is 12.7. The predicted molar refractivity (Wildman–Crippen MR) is 96.7 cm³/mol. The van der Waals surface area contributed by atoms with Crippen molar-refractivity contribution in [3.63, 3.8) is 0 Å². The molecule has 10 heteroatoms. The molecule has 1 saturated heterocycles. The summed E-state index contributed by atoms with van der Waals surface area (Å²) in [6, 6.07) is 9.07. The van der Waals surface area contributed by atoms with Crippen molar-refractivity contribution in [2.24, 2.45) is 0 Å². The highest BCUT2D eigenvalue weighted by molar-refractivity contribution is 7.92. The monoisotopic (exact) mass is 420 g/mol. The van der Waals surface area contributed by atoms with Crippen molar-refractivity contribution in [2.45, 2.75) is 11.1 Å². The molecule has 0 amide bonds. The average molecular weight is 421 g/mol. The van der Waals surface area contributed by atoms with Gasteiger partial charge in [-0.1, -0.05) is 11.6 Å². The molecule has 1 N–H and O–H groups in total. The largest absolute Gasteiger partial charge is 0.417 e. The molecular weight excluding hydrogens is 405 g/mol. The van der Waals surface area contributed by atoms with E-state index in [1.165, 1.54) is 0 Å². The highest BCUT2D eigenvalue weighted by atomic mass is 35.5. The number of halogens is 4. The Morgan fingerprint density at radius 1 is 1.04 bits per heavy atom. The van der Waals surface area contributed by atoms with E-state index in [-0.39, 0.29) is 5.69 Å². The maximum atomic E-state index is 13.0. The quantitative estimate of drug-likeness (QED) is 0.812. The fraction of sp³-hybridized carbons (Fsp3) is 0.294. The summed E-state index contributed by atoms with van der Waals surface area (Å²) in [6.45, 7) is 2.70. The van der Waals surface area contributed by atoms with Gasteiger partial charge in [-0.2, -0.15) is 13.2 Å². The summed E-state index contributed by atoms with van der Waals surface area (Å²) in [4.78, 5) is 1.58. The lowest BCUT2D eigenvalue weighted by Crippen LogP contribution is -2.36. The summed E-state index contributed by atoms with van der Waals surface area (Å²) >= 11 is 5.53. The van der Waals surface area contributed by atoms with E-state index >= 15 is 0 Å². The van der Waals surface area contributed by atoms with E-state index in [1.807, 2.05) is 0 Å². The van der Waals surface area contributed by atoms with Crippen molar-refractivity contribution in [3.8, 4) is 0 Å². The summed E-state index contributed by atoms with van der Waals surface area (Å²) in [7, 11) is -4.19. The van der Waals surface area contributed by atoms with Crippen LogP contribution in [-0.4, -0.2) is 34.7 Å². The molecule has 1 aliphatic rings. The van der Waals surface area contributed by atoms with Crippen molar-refractivity contribution < 1.29 is 26.3 Å². The molecule has 0 bridgehead atoms. The molecule has 1 fully saturated rings. The van der Waals surface area contributed by atoms with Crippen LogP contribution in [0.4, 0.5) is 24.5 Å². The average Bonchev–Trinajstić information content (AvgIpc) is 2.62. The first-order valence-corrected chi connectivity index (χ1v) is 9.85. The van der Waals surface area contributed by atoms with E-state index in [4.69, 9.17) is 16.3 Å². The van der Waals surface area contributed by atoms with Gasteiger partial charge in [-0.3, -0.25) is 4.72 Å². The molecule has 5 nitrogen and oxygen atoms in total. The summed E-state index contributed by atoms with van der Waals surface area (Å²) < 4.78 is 71.3. The second kappa shape index (κ2) is 7.57. The molecule has 3 rings (SSSR count). The Kier molecular flexibility index (Phi) is 5.55. The maximum absolute atomic E-state index is 13.0. The molecule has 0 saturated carbocycles. The molecule has 0 aliphatic carbocycles. The Balaban J connectivity index is 1.80. The zero-order valence-corrected chi connectivity index (χ0v) is 15.5. The highest BCUT2D eigenvalue weighted by Crippen LogP contribution is 2.36. The first kappa shape index (κ1) is 19.8. The third-order valence-corrected chi connectivity index (χ3v) is 5.76. The van der Waals surface area contributed by atoms with Gasteiger partial charge in [0.2, 0.25) is 0 Å².